The Labute approximate surface area is 95.4 Å². The molecule has 0 spiro atoms. The van der Waals surface area contributed by atoms with E-state index >= 15 is 0 Å². The summed E-state index contributed by atoms with van der Waals surface area (Å²) in [6.07, 6.45) is 0.243. The van der Waals surface area contributed by atoms with Gasteiger partial charge in [0.25, 0.3) is 0 Å². The second-order valence-electron chi connectivity index (χ2n) is 5.45. The van der Waals surface area contributed by atoms with E-state index in [1.54, 1.807) is 27.7 Å². The molecule has 1 rings (SSSR count). The summed E-state index contributed by atoms with van der Waals surface area (Å²) < 4.78 is 5.21. The minimum atomic E-state index is -0.893. The highest BCUT2D eigenvalue weighted by Gasteiger charge is 2.46. The first kappa shape index (κ1) is 12.8. The summed E-state index contributed by atoms with van der Waals surface area (Å²) in [5.41, 5.74) is -1.13. The molecule has 1 N–H and O–H groups in total. The highest BCUT2D eigenvalue weighted by molar-refractivity contribution is 5.74. The molecule has 1 unspecified atom stereocenters. The van der Waals surface area contributed by atoms with Gasteiger partial charge in [0, 0.05) is 6.54 Å². The average Bonchev–Trinajstić information content (AvgIpc) is 1.96. The Morgan fingerprint density at radius 1 is 1.44 bits per heavy atom. The summed E-state index contributed by atoms with van der Waals surface area (Å²) in [5, 5.41) is 8.77. The number of likely N-dealkylation sites (tertiary alicyclic amines) is 1. The summed E-state index contributed by atoms with van der Waals surface area (Å²) in [5.74, 6) is -0.893. The molecule has 1 heterocycles. The topological polar surface area (TPSA) is 66.8 Å². The molecule has 1 amide bonds. The average molecular weight is 229 g/mol. The minimum absolute atomic E-state index is 0.0355. The monoisotopic (exact) mass is 229 g/mol. The molecular weight excluding hydrogens is 210 g/mol. The molecule has 92 valence electrons. The molecule has 0 aromatic carbocycles. The number of amides is 1. The SMILES string of the molecule is CC(C)(C)OC(=O)N1CCC1(C)CC(=O)O. The third-order valence-electron chi connectivity index (χ3n) is 2.67. The molecule has 0 aromatic rings. The van der Waals surface area contributed by atoms with Crippen molar-refractivity contribution in [3.05, 3.63) is 0 Å². The summed E-state index contributed by atoms with van der Waals surface area (Å²) in [4.78, 5) is 23.9. The van der Waals surface area contributed by atoms with Crippen LogP contribution >= 0.6 is 0 Å². The van der Waals surface area contributed by atoms with Gasteiger partial charge in [0.1, 0.15) is 5.60 Å². The van der Waals surface area contributed by atoms with E-state index in [4.69, 9.17) is 9.84 Å². The molecule has 5 heteroatoms. The Bertz CT molecular complexity index is 308. The van der Waals surface area contributed by atoms with E-state index in [2.05, 4.69) is 0 Å². The number of aliphatic carboxylic acids is 1. The highest BCUT2D eigenvalue weighted by atomic mass is 16.6. The molecule has 0 aliphatic carbocycles. The number of carboxylic acids is 1. The van der Waals surface area contributed by atoms with Gasteiger partial charge >= 0.3 is 12.1 Å². The Hall–Kier alpha value is -1.26. The number of carbonyl (C=O) groups excluding carboxylic acids is 1. The van der Waals surface area contributed by atoms with E-state index < -0.39 is 23.2 Å². The molecule has 0 bridgehead atoms. The molecule has 1 aliphatic heterocycles. The lowest BCUT2D eigenvalue weighted by molar-refractivity contribution is -0.142. The Morgan fingerprint density at radius 2 is 2.00 bits per heavy atom. The standard InChI is InChI=1S/C11H19NO4/c1-10(2,3)16-9(15)12-6-5-11(12,4)7-8(13)14/h5-7H2,1-4H3,(H,13,14). The third-order valence-corrected chi connectivity index (χ3v) is 2.67. The maximum Gasteiger partial charge on any atom is 0.410 e. The van der Waals surface area contributed by atoms with Crippen molar-refractivity contribution in [1.29, 1.82) is 0 Å². The van der Waals surface area contributed by atoms with E-state index in [1.807, 2.05) is 0 Å². The molecule has 0 aromatic heterocycles. The second kappa shape index (κ2) is 3.96. The number of rotatable bonds is 2. The third kappa shape index (κ3) is 2.87. The second-order valence-corrected chi connectivity index (χ2v) is 5.45. The maximum absolute atomic E-state index is 11.7. The van der Waals surface area contributed by atoms with E-state index in [-0.39, 0.29) is 6.42 Å². The summed E-state index contributed by atoms with van der Waals surface area (Å²) in [7, 11) is 0. The van der Waals surface area contributed by atoms with Crippen molar-refractivity contribution in [1.82, 2.24) is 4.90 Å². The molecular formula is C11H19NO4. The predicted octanol–water partition coefficient (Wildman–Crippen LogP) is 1.86. The van der Waals surface area contributed by atoms with Crippen molar-refractivity contribution in [3.8, 4) is 0 Å². The van der Waals surface area contributed by atoms with Crippen molar-refractivity contribution >= 4 is 12.1 Å². The molecule has 1 atom stereocenters. The van der Waals surface area contributed by atoms with Crippen molar-refractivity contribution < 1.29 is 19.4 Å². The molecule has 1 aliphatic rings. The highest BCUT2D eigenvalue weighted by Crippen LogP contribution is 2.34. The van der Waals surface area contributed by atoms with Gasteiger partial charge in [-0.3, -0.25) is 4.79 Å². The fraction of sp³-hybridized carbons (Fsp3) is 0.818. The van der Waals surface area contributed by atoms with Crippen LogP contribution in [0, 0.1) is 0 Å². The van der Waals surface area contributed by atoms with Crippen molar-refractivity contribution in [3.63, 3.8) is 0 Å². The summed E-state index contributed by atoms with van der Waals surface area (Å²) in [6.45, 7) is 7.71. The number of nitrogens with zero attached hydrogens (tertiary/aromatic N) is 1. The van der Waals surface area contributed by atoms with Crippen LogP contribution in [0.5, 0.6) is 0 Å². The van der Waals surface area contributed by atoms with Crippen LogP contribution in [0.15, 0.2) is 0 Å². The van der Waals surface area contributed by atoms with E-state index in [1.165, 1.54) is 4.90 Å². The van der Waals surface area contributed by atoms with Gasteiger partial charge < -0.3 is 14.7 Å². The van der Waals surface area contributed by atoms with Gasteiger partial charge in [-0.2, -0.15) is 0 Å². The first-order valence-corrected chi connectivity index (χ1v) is 5.36. The Morgan fingerprint density at radius 3 is 2.31 bits per heavy atom. The van der Waals surface area contributed by atoms with E-state index in [0.29, 0.717) is 13.0 Å². The van der Waals surface area contributed by atoms with Crippen LogP contribution in [0.1, 0.15) is 40.5 Å². The number of ether oxygens (including phenoxy) is 1. The largest absolute Gasteiger partial charge is 0.481 e. The zero-order valence-corrected chi connectivity index (χ0v) is 10.2. The summed E-state index contributed by atoms with van der Waals surface area (Å²) >= 11 is 0. The fourth-order valence-corrected chi connectivity index (χ4v) is 1.74. The lowest BCUT2D eigenvalue weighted by Gasteiger charge is -2.49. The van der Waals surface area contributed by atoms with Crippen LogP contribution in [-0.2, 0) is 9.53 Å². The number of carbonyl (C=O) groups is 2. The van der Waals surface area contributed by atoms with Gasteiger partial charge in [-0.1, -0.05) is 0 Å². The lowest BCUT2D eigenvalue weighted by atomic mass is 9.84. The molecule has 1 saturated heterocycles. The van der Waals surface area contributed by atoms with Crippen molar-refractivity contribution in [2.24, 2.45) is 0 Å². The van der Waals surface area contributed by atoms with Gasteiger partial charge in [0.2, 0.25) is 0 Å². The first-order valence-electron chi connectivity index (χ1n) is 5.36. The van der Waals surface area contributed by atoms with Crippen LogP contribution in [0.4, 0.5) is 4.79 Å². The van der Waals surface area contributed by atoms with Gasteiger partial charge in [-0.25, -0.2) is 4.79 Å². The van der Waals surface area contributed by atoms with Crippen LogP contribution in [0.25, 0.3) is 0 Å². The molecule has 16 heavy (non-hydrogen) atoms. The molecule has 5 nitrogen and oxygen atoms in total. The van der Waals surface area contributed by atoms with Gasteiger partial charge in [-0.05, 0) is 34.1 Å². The predicted molar refractivity (Wildman–Crippen MR) is 58.2 cm³/mol. The number of carboxylic acid groups (broad SMARTS) is 1. The zero-order chi connectivity index (χ0) is 12.6. The van der Waals surface area contributed by atoms with E-state index in [0.717, 1.165) is 0 Å². The van der Waals surface area contributed by atoms with Crippen molar-refractivity contribution in [2.75, 3.05) is 6.54 Å². The molecule has 1 fully saturated rings. The van der Waals surface area contributed by atoms with E-state index in [9.17, 15) is 9.59 Å². The number of hydrogen-bond donors (Lipinski definition) is 1. The number of hydrogen-bond acceptors (Lipinski definition) is 3. The quantitative estimate of drug-likeness (QED) is 0.784. The Balaban J connectivity index is 2.61. The van der Waals surface area contributed by atoms with Gasteiger partial charge in [0.05, 0.1) is 12.0 Å². The van der Waals surface area contributed by atoms with Gasteiger partial charge in [0.15, 0.2) is 0 Å². The van der Waals surface area contributed by atoms with Gasteiger partial charge in [-0.15, -0.1) is 0 Å². The smallest absolute Gasteiger partial charge is 0.410 e. The maximum atomic E-state index is 11.7. The van der Waals surface area contributed by atoms with Crippen molar-refractivity contribution in [2.45, 2.75) is 51.7 Å². The minimum Gasteiger partial charge on any atom is -0.481 e. The first-order chi connectivity index (χ1) is 7.14. The van der Waals surface area contributed by atoms with Crippen LogP contribution in [0.3, 0.4) is 0 Å². The Kier molecular flexibility index (Phi) is 3.17. The van der Waals surface area contributed by atoms with Crippen LogP contribution in [0.2, 0.25) is 0 Å². The molecule has 0 radical (unpaired) electrons. The fourth-order valence-electron chi connectivity index (χ4n) is 1.74. The van der Waals surface area contributed by atoms with Crippen LogP contribution in [-0.4, -0.2) is 39.8 Å². The normalized spacial score (nSPS) is 24.9. The zero-order valence-electron chi connectivity index (χ0n) is 10.2. The molecule has 0 saturated carbocycles. The summed E-state index contributed by atoms with van der Waals surface area (Å²) in [6, 6.07) is 0. The van der Waals surface area contributed by atoms with Crippen LogP contribution < -0.4 is 0 Å². The lowest BCUT2D eigenvalue weighted by Crippen LogP contribution is -2.61.